The fraction of sp³-hybridized carbons (Fsp3) is 0.105. The Morgan fingerprint density at radius 3 is 2.46 bits per heavy atom. The van der Waals surface area contributed by atoms with Crippen LogP contribution in [0.15, 0.2) is 59.5 Å². The summed E-state index contributed by atoms with van der Waals surface area (Å²) in [4.78, 5) is 37.2. The van der Waals surface area contributed by atoms with Crippen LogP contribution in [0.5, 0.6) is 0 Å². The van der Waals surface area contributed by atoms with Crippen LogP contribution in [0, 0.1) is 0 Å². The highest BCUT2D eigenvalue weighted by Gasteiger charge is 2.36. The van der Waals surface area contributed by atoms with Crippen LogP contribution in [-0.2, 0) is 15.8 Å². The smallest absolute Gasteiger partial charge is 0.325 e. The summed E-state index contributed by atoms with van der Waals surface area (Å²) in [6, 6.07) is 12.9. The molecule has 0 atom stereocenters. The molecule has 1 aliphatic rings. The number of nitrogens with one attached hydrogen (secondary N) is 1. The molecular weight excluding hydrogens is 393 g/mol. The number of amides is 3. The van der Waals surface area contributed by atoms with Crippen LogP contribution in [0.1, 0.15) is 11.1 Å². The molecule has 3 rings (SSSR count). The van der Waals surface area contributed by atoms with Crippen molar-refractivity contribution in [2.45, 2.75) is 6.18 Å². The summed E-state index contributed by atoms with van der Waals surface area (Å²) >= 11 is 0.576. The normalized spacial score (nSPS) is 16.0. The van der Waals surface area contributed by atoms with Gasteiger partial charge in [-0.25, -0.2) is 0 Å². The topological polar surface area (TPSA) is 66.5 Å². The van der Waals surface area contributed by atoms with Crippen LogP contribution >= 0.6 is 11.8 Å². The Hall–Kier alpha value is -3.07. The molecule has 1 fully saturated rings. The van der Waals surface area contributed by atoms with E-state index < -0.39 is 35.3 Å². The number of benzene rings is 2. The third kappa shape index (κ3) is 4.61. The summed E-state index contributed by atoms with van der Waals surface area (Å²) in [6.07, 6.45) is -3.31. The van der Waals surface area contributed by atoms with E-state index in [-0.39, 0.29) is 10.5 Å². The van der Waals surface area contributed by atoms with Crippen LogP contribution < -0.4 is 5.32 Å². The minimum atomic E-state index is -4.52. The van der Waals surface area contributed by atoms with Crippen molar-refractivity contribution in [3.8, 4) is 0 Å². The molecule has 0 unspecified atom stereocenters. The molecule has 1 saturated heterocycles. The van der Waals surface area contributed by atoms with E-state index in [0.717, 1.165) is 17.0 Å². The van der Waals surface area contributed by atoms with Crippen LogP contribution in [0.2, 0.25) is 0 Å². The summed E-state index contributed by atoms with van der Waals surface area (Å²) in [5, 5.41) is 1.90. The number of hydrogen-bond acceptors (Lipinski definition) is 4. The molecule has 0 saturated carbocycles. The average Bonchev–Trinajstić information content (AvgIpc) is 2.89. The Bertz CT molecular complexity index is 958. The minimum Gasteiger partial charge on any atom is -0.325 e. The first-order valence-electron chi connectivity index (χ1n) is 8.01. The van der Waals surface area contributed by atoms with Crippen LogP contribution in [0.3, 0.4) is 0 Å². The molecule has 144 valence electrons. The van der Waals surface area contributed by atoms with Gasteiger partial charge in [0, 0.05) is 5.69 Å². The molecular formula is C19H13F3N2O3S. The van der Waals surface area contributed by atoms with Gasteiger partial charge in [-0.05, 0) is 47.7 Å². The van der Waals surface area contributed by atoms with Crippen LogP contribution in [0.25, 0.3) is 6.08 Å². The van der Waals surface area contributed by atoms with Crippen LogP contribution in [0.4, 0.5) is 23.7 Å². The molecule has 9 heteroatoms. The predicted molar refractivity (Wildman–Crippen MR) is 99.2 cm³/mol. The monoisotopic (exact) mass is 406 g/mol. The first kappa shape index (κ1) is 19.7. The summed E-state index contributed by atoms with van der Waals surface area (Å²) in [6.45, 7) is -0.487. The predicted octanol–water partition coefficient (Wildman–Crippen LogP) is 4.38. The van der Waals surface area contributed by atoms with Gasteiger partial charge in [-0.2, -0.15) is 13.2 Å². The average molecular weight is 406 g/mol. The molecule has 2 aromatic rings. The lowest BCUT2D eigenvalue weighted by molar-refractivity contribution is -0.137. The Morgan fingerprint density at radius 2 is 1.79 bits per heavy atom. The van der Waals surface area contributed by atoms with Gasteiger partial charge in [-0.1, -0.05) is 30.3 Å². The number of carbonyl (C=O) groups is 3. The SMILES string of the molecule is O=C(CN1C(=O)S/C(=C/c2cccc(C(F)(F)F)c2)C1=O)Nc1ccccc1. The number of halogens is 3. The molecule has 0 aromatic heterocycles. The molecule has 0 radical (unpaired) electrons. The van der Waals surface area contributed by atoms with Gasteiger partial charge in [-0.15, -0.1) is 0 Å². The van der Waals surface area contributed by atoms with E-state index in [1.54, 1.807) is 30.3 Å². The second-order valence-corrected chi connectivity index (χ2v) is 6.80. The first-order chi connectivity index (χ1) is 13.2. The lowest BCUT2D eigenvalue weighted by Crippen LogP contribution is -2.36. The highest BCUT2D eigenvalue weighted by atomic mass is 32.2. The number of anilines is 1. The number of hydrogen-bond donors (Lipinski definition) is 1. The van der Waals surface area contributed by atoms with E-state index in [2.05, 4.69) is 5.32 Å². The van der Waals surface area contributed by atoms with Crippen LogP contribution in [-0.4, -0.2) is 28.5 Å². The number of imide groups is 1. The largest absolute Gasteiger partial charge is 0.416 e. The zero-order chi connectivity index (χ0) is 20.3. The highest BCUT2D eigenvalue weighted by molar-refractivity contribution is 8.18. The fourth-order valence-electron chi connectivity index (χ4n) is 2.46. The van der Waals surface area contributed by atoms with Gasteiger partial charge in [0.15, 0.2) is 0 Å². The number of nitrogens with zero attached hydrogens (tertiary/aromatic N) is 1. The third-order valence-corrected chi connectivity index (χ3v) is 4.65. The van der Waals surface area contributed by atoms with E-state index in [9.17, 15) is 27.6 Å². The van der Waals surface area contributed by atoms with Crippen molar-refractivity contribution in [2.24, 2.45) is 0 Å². The van der Waals surface area contributed by atoms with Gasteiger partial charge in [0.25, 0.3) is 11.1 Å². The van der Waals surface area contributed by atoms with Gasteiger partial charge in [0.2, 0.25) is 5.91 Å². The van der Waals surface area contributed by atoms with Gasteiger partial charge < -0.3 is 5.32 Å². The number of rotatable bonds is 4. The van der Waals surface area contributed by atoms with Crippen molar-refractivity contribution in [3.63, 3.8) is 0 Å². The zero-order valence-electron chi connectivity index (χ0n) is 14.2. The summed E-state index contributed by atoms with van der Waals surface area (Å²) in [5.74, 6) is -1.29. The Labute approximate surface area is 162 Å². The Morgan fingerprint density at radius 1 is 1.07 bits per heavy atom. The lowest BCUT2D eigenvalue weighted by Gasteiger charge is -2.12. The zero-order valence-corrected chi connectivity index (χ0v) is 15.0. The molecule has 1 aliphatic heterocycles. The number of carbonyl (C=O) groups excluding carboxylic acids is 3. The lowest BCUT2D eigenvalue weighted by atomic mass is 10.1. The molecule has 1 heterocycles. The molecule has 3 amide bonds. The van der Waals surface area contributed by atoms with Gasteiger partial charge in [0.1, 0.15) is 6.54 Å². The Kier molecular flexibility index (Phi) is 5.55. The maximum Gasteiger partial charge on any atom is 0.416 e. The van der Waals surface area contributed by atoms with Crippen molar-refractivity contribution in [2.75, 3.05) is 11.9 Å². The van der Waals surface area contributed by atoms with Crippen molar-refractivity contribution < 1.29 is 27.6 Å². The minimum absolute atomic E-state index is 0.0446. The summed E-state index contributed by atoms with van der Waals surface area (Å²) in [7, 11) is 0. The number of para-hydroxylation sites is 1. The Balaban J connectivity index is 1.73. The second kappa shape index (κ2) is 7.89. The maximum absolute atomic E-state index is 12.8. The van der Waals surface area contributed by atoms with E-state index in [1.807, 2.05) is 0 Å². The van der Waals surface area contributed by atoms with E-state index >= 15 is 0 Å². The number of thioether (sulfide) groups is 1. The van der Waals surface area contributed by atoms with Crippen molar-refractivity contribution in [3.05, 3.63) is 70.6 Å². The van der Waals surface area contributed by atoms with Crippen molar-refractivity contribution >= 4 is 40.6 Å². The summed E-state index contributed by atoms with van der Waals surface area (Å²) < 4.78 is 38.4. The molecule has 0 aliphatic carbocycles. The second-order valence-electron chi connectivity index (χ2n) is 5.81. The van der Waals surface area contributed by atoms with Crippen molar-refractivity contribution in [1.82, 2.24) is 4.90 Å². The number of alkyl halides is 3. The first-order valence-corrected chi connectivity index (χ1v) is 8.83. The van der Waals surface area contributed by atoms with E-state index in [1.165, 1.54) is 18.2 Å². The van der Waals surface area contributed by atoms with Gasteiger partial charge >= 0.3 is 6.18 Å². The standard InChI is InChI=1S/C19H13F3N2O3S/c20-19(21,22)13-6-4-5-12(9-13)10-15-17(26)24(18(27)28-15)11-16(25)23-14-7-2-1-3-8-14/h1-10H,11H2,(H,23,25)/b15-10+. The highest BCUT2D eigenvalue weighted by Crippen LogP contribution is 2.34. The quantitative estimate of drug-likeness (QED) is 0.766. The summed E-state index contributed by atoms with van der Waals surface area (Å²) in [5.41, 5.74) is -0.212. The van der Waals surface area contributed by atoms with Gasteiger partial charge in [0.05, 0.1) is 10.5 Å². The van der Waals surface area contributed by atoms with Crippen molar-refractivity contribution in [1.29, 1.82) is 0 Å². The molecule has 0 spiro atoms. The molecule has 2 aromatic carbocycles. The molecule has 1 N–H and O–H groups in total. The van der Waals surface area contributed by atoms with E-state index in [0.29, 0.717) is 17.4 Å². The molecule has 0 bridgehead atoms. The fourth-order valence-corrected chi connectivity index (χ4v) is 3.30. The molecule has 5 nitrogen and oxygen atoms in total. The van der Waals surface area contributed by atoms with E-state index in [4.69, 9.17) is 0 Å². The van der Waals surface area contributed by atoms with Gasteiger partial charge in [-0.3, -0.25) is 19.3 Å². The maximum atomic E-state index is 12.8. The molecule has 28 heavy (non-hydrogen) atoms. The third-order valence-electron chi connectivity index (χ3n) is 3.74.